The van der Waals surface area contributed by atoms with Gasteiger partial charge in [0.25, 0.3) is 5.91 Å². The quantitative estimate of drug-likeness (QED) is 0.860. The molecule has 2 heterocycles. The molecule has 2 aliphatic heterocycles. The van der Waals surface area contributed by atoms with E-state index in [-0.39, 0.29) is 24.1 Å². The minimum atomic E-state index is -0.745. The van der Waals surface area contributed by atoms with Gasteiger partial charge in [0.1, 0.15) is 11.4 Å². The number of nitrogens with one attached hydrogen (secondary N) is 1. The maximum Gasteiger partial charge on any atom is 0.255 e. The number of carbonyl (C=O) groups excluding carboxylic acids is 2. The van der Waals surface area contributed by atoms with Gasteiger partial charge in [-0.2, -0.15) is 0 Å². The molecule has 1 N–H and O–H groups in total. The molecule has 2 aliphatic rings. The molecule has 2 saturated heterocycles. The zero-order chi connectivity index (χ0) is 18.6. The smallest absolute Gasteiger partial charge is 0.255 e. The van der Waals surface area contributed by atoms with Crippen LogP contribution in [0.25, 0.3) is 0 Å². The number of piperazine rings is 1. The van der Waals surface area contributed by atoms with Gasteiger partial charge in [0.05, 0.1) is 6.42 Å². The molecule has 1 aromatic carbocycles. The third-order valence-electron chi connectivity index (χ3n) is 5.41. The highest BCUT2D eigenvalue weighted by molar-refractivity contribution is 5.86. The summed E-state index contributed by atoms with van der Waals surface area (Å²) < 4.78 is 19.3. The number of nitrogens with zero attached hydrogens (tertiary/aromatic N) is 2. The largest absolute Gasteiger partial charge is 0.368 e. The first-order valence-corrected chi connectivity index (χ1v) is 9.12. The average Bonchev–Trinajstić information content (AvgIpc) is 2.69. The minimum absolute atomic E-state index is 0.0164. The normalized spacial score (nSPS) is 20.1. The molecule has 0 saturated carbocycles. The van der Waals surface area contributed by atoms with Crippen LogP contribution >= 0.6 is 0 Å². The Morgan fingerprint density at radius 1 is 1.12 bits per heavy atom. The fourth-order valence-electron chi connectivity index (χ4n) is 3.70. The highest BCUT2D eigenvalue weighted by Crippen LogP contribution is 2.26. The molecule has 2 amide bonds. The van der Waals surface area contributed by atoms with Crippen LogP contribution in [0.4, 0.5) is 4.39 Å². The third kappa shape index (κ3) is 3.88. The summed E-state index contributed by atoms with van der Waals surface area (Å²) in [6.45, 7) is 3.44. The lowest BCUT2D eigenvalue weighted by Crippen LogP contribution is -2.59. The highest BCUT2D eigenvalue weighted by atomic mass is 19.1. The molecule has 0 aliphatic carbocycles. The van der Waals surface area contributed by atoms with Gasteiger partial charge in [-0.3, -0.25) is 9.59 Å². The van der Waals surface area contributed by atoms with E-state index in [1.807, 2.05) is 0 Å². The number of halogens is 1. The molecule has 7 heteroatoms. The summed E-state index contributed by atoms with van der Waals surface area (Å²) in [5.41, 5.74) is -0.339. The molecular weight excluding hydrogens is 337 g/mol. The van der Waals surface area contributed by atoms with Gasteiger partial charge in [0.15, 0.2) is 0 Å². The Labute approximate surface area is 153 Å². The van der Waals surface area contributed by atoms with Crippen LogP contribution in [0.5, 0.6) is 0 Å². The Kier molecular flexibility index (Phi) is 5.88. The molecular formula is C19H26FN3O3. The first-order chi connectivity index (χ1) is 12.6. The van der Waals surface area contributed by atoms with E-state index < -0.39 is 5.60 Å². The molecule has 0 unspecified atom stereocenters. The number of carbonyl (C=O) groups is 2. The van der Waals surface area contributed by atoms with Crippen LogP contribution in [0.2, 0.25) is 0 Å². The Bertz CT molecular complexity index is 653. The molecule has 3 rings (SSSR count). The van der Waals surface area contributed by atoms with Crippen molar-refractivity contribution in [2.45, 2.75) is 24.9 Å². The molecule has 26 heavy (non-hydrogen) atoms. The molecule has 1 aromatic rings. The summed E-state index contributed by atoms with van der Waals surface area (Å²) in [5.74, 6) is -0.448. The Hall–Kier alpha value is -1.99. The summed E-state index contributed by atoms with van der Waals surface area (Å²) in [6, 6.07) is 6.33. The van der Waals surface area contributed by atoms with Crippen LogP contribution < -0.4 is 5.32 Å². The average molecular weight is 363 g/mol. The first kappa shape index (κ1) is 18.8. The summed E-state index contributed by atoms with van der Waals surface area (Å²) in [6.07, 6.45) is 1.37. The third-order valence-corrected chi connectivity index (χ3v) is 5.41. The molecule has 0 bridgehead atoms. The number of benzene rings is 1. The number of rotatable bonds is 4. The predicted octanol–water partition coefficient (Wildman–Crippen LogP) is 0.808. The minimum Gasteiger partial charge on any atom is -0.368 e. The van der Waals surface area contributed by atoms with Crippen LogP contribution in [0.15, 0.2) is 24.3 Å². The fourth-order valence-corrected chi connectivity index (χ4v) is 3.70. The van der Waals surface area contributed by atoms with Crippen molar-refractivity contribution in [3.05, 3.63) is 35.6 Å². The van der Waals surface area contributed by atoms with Crippen LogP contribution in [-0.4, -0.2) is 73.6 Å². The maximum absolute atomic E-state index is 13.7. The lowest BCUT2D eigenvalue weighted by atomic mass is 9.90. The summed E-state index contributed by atoms with van der Waals surface area (Å²) in [4.78, 5) is 28.9. The van der Waals surface area contributed by atoms with Crippen molar-refractivity contribution >= 4 is 11.8 Å². The second-order valence-corrected chi connectivity index (χ2v) is 6.89. The van der Waals surface area contributed by atoms with Crippen molar-refractivity contribution in [1.29, 1.82) is 0 Å². The van der Waals surface area contributed by atoms with Crippen LogP contribution in [0.1, 0.15) is 18.4 Å². The van der Waals surface area contributed by atoms with Gasteiger partial charge in [0, 0.05) is 33.3 Å². The standard InChI is InChI=1S/C19H26FN3O3/c1-26-19(6-8-21-9-7-19)18(25)23-12-10-22(11-13-23)17(24)14-15-4-2-3-5-16(15)20/h2-5,21H,6-14H2,1H3. The predicted molar refractivity (Wildman–Crippen MR) is 95.1 cm³/mol. The molecule has 0 spiro atoms. The molecule has 0 aromatic heterocycles. The van der Waals surface area contributed by atoms with Gasteiger partial charge < -0.3 is 19.9 Å². The topological polar surface area (TPSA) is 61.9 Å². The van der Waals surface area contributed by atoms with Gasteiger partial charge in [-0.1, -0.05) is 18.2 Å². The van der Waals surface area contributed by atoms with Crippen LogP contribution in [0, 0.1) is 5.82 Å². The number of hydrogen-bond donors (Lipinski definition) is 1. The van der Waals surface area contributed by atoms with Crippen molar-refractivity contribution in [2.75, 3.05) is 46.4 Å². The van der Waals surface area contributed by atoms with E-state index in [0.29, 0.717) is 44.6 Å². The van der Waals surface area contributed by atoms with E-state index in [4.69, 9.17) is 4.74 Å². The van der Waals surface area contributed by atoms with Crippen LogP contribution in [-0.2, 0) is 20.7 Å². The number of amides is 2. The van der Waals surface area contributed by atoms with E-state index in [2.05, 4.69) is 5.32 Å². The van der Waals surface area contributed by atoms with Crippen molar-refractivity contribution in [1.82, 2.24) is 15.1 Å². The van der Waals surface area contributed by atoms with Gasteiger partial charge >= 0.3 is 0 Å². The van der Waals surface area contributed by atoms with Gasteiger partial charge in [-0.05, 0) is 37.6 Å². The zero-order valence-electron chi connectivity index (χ0n) is 15.2. The van der Waals surface area contributed by atoms with E-state index in [1.165, 1.54) is 6.07 Å². The first-order valence-electron chi connectivity index (χ1n) is 9.12. The molecule has 0 atom stereocenters. The summed E-state index contributed by atoms with van der Waals surface area (Å²) in [7, 11) is 1.59. The molecule has 142 valence electrons. The van der Waals surface area contributed by atoms with Crippen molar-refractivity contribution in [3.63, 3.8) is 0 Å². The van der Waals surface area contributed by atoms with Crippen LogP contribution in [0.3, 0.4) is 0 Å². The van der Waals surface area contributed by atoms with E-state index in [1.54, 1.807) is 35.1 Å². The highest BCUT2D eigenvalue weighted by Gasteiger charge is 2.43. The Balaban J connectivity index is 1.56. The maximum atomic E-state index is 13.7. The molecule has 6 nitrogen and oxygen atoms in total. The van der Waals surface area contributed by atoms with E-state index in [0.717, 1.165) is 13.1 Å². The van der Waals surface area contributed by atoms with Gasteiger partial charge in [0.2, 0.25) is 5.91 Å². The van der Waals surface area contributed by atoms with Gasteiger partial charge in [-0.15, -0.1) is 0 Å². The monoisotopic (exact) mass is 363 g/mol. The molecule has 2 fully saturated rings. The number of hydrogen-bond acceptors (Lipinski definition) is 4. The number of ether oxygens (including phenoxy) is 1. The SMILES string of the molecule is COC1(C(=O)N2CCN(C(=O)Cc3ccccc3F)CC2)CCNCC1. The summed E-state index contributed by atoms with van der Waals surface area (Å²) >= 11 is 0. The summed E-state index contributed by atoms with van der Waals surface area (Å²) in [5, 5.41) is 3.25. The van der Waals surface area contributed by atoms with E-state index >= 15 is 0 Å². The molecule has 0 radical (unpaired) electrons. The van der Waals surface area contributed by atoms with Crippen molar-refractivity contribution in [2.24, 2.45) is 0 Å². The Morgan fingerprint density at radius 3 is 2.35 bits per heavy atom. The Morgan fingerprint density at radius 2 is 1.73 bits per heavy atom. The zero-order valence-corrected chi connectivity index (χ0v) is 15.2. The fraction of sp³-hybridized carbons (Fsp3) is 0.579. The van der Waals surface area contributed by atoms with E-state index in [9.17, 15) is 14.0 Å². The van der Waals surface area contributed by atoms with Crippen molar-refractivity contribution in [3.8, 4) is 0 Å². The van der Waals surface area contributed by atoms with Gasteiger partial charge in [-0.25, -0.2) is 4.39 Å². The number of piperidine rings is 1. The second kappa shape index (κ2) is 8.14. The lowest BCUT2D eigenvalue weighted by Gasteiger charge is -2.42. The lowest BCUT2D eigenvalue weighted by molar-refractivity contribution is -0.161. The van der Waals surface area contributed by atoms with Crippen molar-refractivity contribution < 1.29 is 18.7 Å². The number of methoxy groups -OCH3 is 1. The second-order valence-electron chi connectivity index (χ2n) is 6.89.